The standard InChI is InChI=1S/C28H22F6N2O4/c29-27(30,31)15-26(14-23(37)38)11-10-18-12-17(6-9-22(18)24(26)39)16-4-7-20(8-5-16)35-25(40)36-21-3-1-2-19(13-21)28(32,33)34/h1-9,12-13H,10-11,14-15H2,(H,37,38)(H2,35,36,40). The Hall–Kier alpha value is -4.35. The lowest BCUT2D eigenvalue weighted by Gasteiger charge is -2.36. The van der Waals surface area contributed by atoms with Crippen molar-refractivity contribution in [3.05, 3.63) is 83.4 Å². The van der Waals surface area contributed by atoms with Crippen LogP contribution in [0.5, 0.6) is 0 Å². The molecular formula is C28H22F6N2O4. The first-order valence-corrected chi connectivity index (χ1v) is 12.0. The minimum absolute atomic E-state index is 0.0461. The molecule has 0 spiro atoms. The second-order valence-electron chi connectivity index (χ2n) is 9.58. The van der Waals surface area contributed by atoms with E-state index in [0.717, 1.165) is 12.1 Å². The van der Waals surface area contributed by atoms with Crippen molar-refractivity contribution >= 4 is 29.2 Å². The van der Waals surface area contributed by atoms with Crippen LogP contribution in [0.1, 0.15) is 40.7 Å². The van der Waals surface area contributed by atoms with E-state index in [1.165, 1.54) is 18.2 Å². The Kier molecular flexibility index (Phi) is 7.64. The second kappa shape index (κ2) is 10.7. The van der Waals surface area contributed by atoms with Gasteiger partial charge >= 0.3 is 24.4 Å². The number of urea groups is 1. The van der Waals surface area contributed by atoms with Gasteiger partial charge < -0.3 is 15.7 Å². The highest BCUT2D eigenvalue weighted by atomic mass is 19.4. The molecule has 1 aliphatic carbocycles. The van der Waals surface area contributed by atoms with Gasteiger partial charge in [0, 0.05) is 16.9 Å². The second-order valence-corrected chi connectivity index (χ2v) is 9.58. The molecule has 0 aliphatic heterocycles. The van der Waals surface area contributed by atoms with Gasteiger partial charge in [-0.05, 0) is 59.9 Å². The lowest BCUT2D eigenvalue weighted by Crippen LogP contribution is -2.41. The van der Waals surface area contributed by atoms with Crippen LogP contribution in [0, 0.1) is 5.41 Å². The first kappa shape index (κ1) is 28.7. The van der Waals surface area contributed by atoms with Crippen LogP contribution in [-0.2, 0) is 17.4 Å². The Morgan fingerprint density at radius 3 is 2.12 bits per heavy atom. The topological polar surface area (TPSA) is 95.5 Å². The summed E-state index contributed by atoms with van der Waals surface area (Å²) in [6.07, 6.45) is -11.9. The number of alkyl halides is 6. The molecule has 2 amide bonds. The molecule has 210 valence electrons. The van der Waals surface area contributed by atoms with Crippen molar-refractivity contribution in [2.24, 2.45) is 5.41 Å². The molecule has 0 heterocycles. The first-order valence-electron chi connectivity index (χ1n) is 12.0. The first-order chi connectivity index (χ1) is 18.6. The van der Waals surface area contributed by atoms with E-state index in [1.807, 2.05) is 0 Å². The average Bonchev–Trinajstić information content (AvgIpc) is 2.85. The normalized spacial score (nSPS) is 17.2. The fourth-order valence-electron chi connectivity index (χ4n) is 4.86. The van der Waals surface area contributed by atoms with Crippen LogP contribution in [0.15, 0.2) is 66.7 Å². The summed E-state index contributed by atoms with van der Waals surface area (Å²) in [5.41, 5.74) is -0.791. The molecule has 3 aromatic rings. The van der Waals surface area contributed by atoms with Crippen molar-refractivity contribution in [3.8, 4) is 11.1 Å². The predicted molar refractivity (Wildman–Crippen MR) is 134 cm³/mol. The molecule has 3 aromatic carbocycles. The Morgan fingerprint density at radius 2 is 1.50 bits per heavy atom. The summed E-state index contributed by atoms with van der Waals surface area (Å²) in [5.74, 6) is -2.32. The minimum atomic E-state index is -4.71. The van der Waals surface area contributed by atoms with Crippen LogP contribution in [0.25, 0.3) is 11.1 Å². The third-order valence-corrected chi connectivity index (χ3v) is 6.66. The Labute approximate surface area is 224 Å². The van der Waals surface area contributed by atoms with Crippen molar-refractivity contribution < 1.29 is 45.8 Å². The van der Waals surface area contributed by atoms with Crippen molar-refractivity contribution in [2.75, 3.05) is 10.6 Å². The van der Waals surface area contributed by atoms with E-state index in [9.17, 15) is 45.8 Å². The van der Waals surface area contributed by atoms with Crippen LogP contribution in [0.2, 0.25) is 0 Å². The van der Waals surface area contributed by atoms with Crippen LogP contribution in [-0.4, -0.2) is 29.1 Å². The zero-order valence-electron chi connectivity index (χ0n) is 20.6. The summed E-state index contributed by atoms with van der Waals surface area (Å²) >= 11 is 0. The molecule has 0 saturated carbocycles. The summed E-state index contributed by atoms with van der Waals surface area (Å²) in [7, 11) is 0. The molecule has 1 atom stereocenters. The van der Waals surface area contributed by atoms with E-state index >= 15 is 0 Å². The zero-order valence-corrected chi connectivity index (χ0v) is 20.6. The van der Waals surface area contributed by atoms with Gasteiger partial charge in [-0.2, -0.15) is 26.3 Å². The largest absolute Gasteiger partial charge is 0.481 e. The Balaban J connectivity index is 1.47. The molecule has 6 nitrogen and oxygen atoms in total. The SMILES string of the molecule is O=C(O)CC1(CC(F)(F)F)CCc2cc(-c3ccc(NC(=O)Nc4cccc(C(F)(F)F)c4)cc3)ccc2C1=O. The number of carboxylic acids is 1. The van der Waals surface area contributed by atoms with E-state index in [1.54, 1.807) is 36.4 Å². The van der Waals surface area contributed by atoms with Crippen LogP contribution < -0.4 is 10.6 Å². The number of ketones is 1. The van der Waals surface area contributed by atoms with Crippen LogP contribution >= 0.6 is 0 Å². The lowest BCUT2D eigenvalue weighted by molar-refractivity contribution is -0.160. The zero-order chi connectivity index (χ0) is 29.3. The number of Topliss-reactive ketones (excluding diaryl/α,β-unsaturated/α-hetero) is 1. The maximum absolute atomic E-state index is 13.2. The number of carbonyl (C=O) groups excluding carboxylic acids is 2. The van der Waals surface area contributed by atoms with Gasteiger partial charge in [0.05, 0.1) is 23.8 Å². The van der Waals surface area contributed by atoms with Gasteiger partial charge in [-0.3, -0.25) is 9.59 Å². The predicted octanol–water partition coefficient (Wildman–Crippen LogP) is 7.56. The summed E-state index contributed by atoms with van der Waals surface area (Å²) in [4.78, 5) is 36.6. The number of aliphatic carboxylic acids is 1. The molecule has 3 N–H and O–H groups in total. The van der Waals surface area contributed by atoms with Gasteiger partial charge in [0.25, 0.3) is 0 Å². The molecule has 0 bridgehead atoms. The molecule has 0 aromatic heterocycles. The summed E-state index contributed by atoms with van der Waals surface area (Å²) < 4.78 is 78.3. The highest BCUT2D eigenvalue weighted by Crippen LogP contribution is 2.46. The molecule has 1 aliphatic rings. The van der Waals surface area contributed by atoms with E-state index in [-0.39, 0.29) is 24.1 Å². The number of nitrogens with one attached hydrogen (secondary N) is 2. The van der Waals surface area contributed by atoms with Gasteiger partial charge in [0.1, 0.15) is 0 Å². The number of fused-ring (bicyclic) bond motifs is 1. The van der Waals surface area contributed by atoms with Crippen molar-refractivity contribution in [1.29, 1.82) is 0 Å². The van der Waals surface area contributed by atoms with Crippen molar-refractivity contribution in [2.45, 2.75) is 38.0 Å². The number of hydrogen-bond donors (Lipinski definition) is 3. The third kappa shape index (κ3) is 6.61. The van der Waals surface area contributed by atoms with E-state index in [0.29, 0.717) is 22.4 Å². The number of rotatable bonds is 6. The van der Waals surface area contributed by atoms with Gasteiger partial charge in [0.15, 0.2) is 5.78 Å². The minimum Gasteiger partial charge on any atom is -0.481 e. The molecule has 12 heteroatoms. The number of benzene rings is 3. The average molecular weight is 564 g/mol. The van der Waals surface area contributed by atoms with Gasteiger partial charge in [-0.1, -0.05) is 36.4 Å². The monoisotopic (exact) mass is 564 g/mol. The smallest absolute Gasteiger partial charge is 0.416 e. The third-order valence-electron chi connectivity index (χ3n) is 6.66. The molecular weight excluding hydrogens is 542 g/mol. The summed E-state index contributed by atoms with van der Waals surface area (Å²) in [5, 5.41) is 14.0. The number of hydrogen-bond acceptors (Lipinski definition) is 3. The van der Waals surface area contributed by atoms with Crippen LogP contribution in [0.4, 0.5) is 42.5 Å². The van der Waals surface area contributed by atoms with Gasteiger partial charge in [-0.25, -0.2) is 4.79 Å². The Morgan fingerprint density at radius 1 is 0.850 bits per heavy atom. The fourth-order valence-corrected chi connectivity index (χ4v) is 4.86. The van der Waals surface area contributed by atoms with E-state index in [4.69, 9.17) is 0 Å². The van der Waals surface area contributed by atoms with Crippen molar-refractivity contribution in [1.82, 2.24) is 0 Å². The number of carbonyl (C=O) groups is 3. The van der Waals surface area contributed by atoms with Gasteiger partial charge in [-0.15, -0.1) is 0 Å². The maximum atomic E-state index is 13.2. The fraction of sp³-hybridized carbons (Fsp3) is 0.250. The number of carboxylic acid groups (broad SMARTS) is 1. The highest BCUT2D eigenvalue weighted by Gasteiger charge is 2.51. The summed E-state index contributed by atoms with van der Waals surface area (Å²) in [6.45, 7) is 0. The highest BCUT2D eigenvalue weighted by molar-refractivity contribution is 6.05. The van der Waals surface area contributed by atoms with E-state index < -0.39 is 54.0 Å². The Bertz CT molecular complexity index is 1450. The number of aryl methyl sites for hydroxylation is 1. The van der Waals surface area contributed by atoms with Crippen LogP contribution in [0.3, 0.4) is 0 Å². The molecule has 1 unspecified atom stereocenters. The number of anilines is 2. The number of amides is 2. The maximum Gasteiger partial charge on any atom is 0.416 e. The molecule has 0 radical (unpaired) electrons. The van der Waals surface area contributed by atoms with Gasteiger partial charge in [0.2, 0.25) is 0 Å². The quantitative estimate of drug-likeness (QED) is 0.269. The summed E-state index contributed by atoms with van der Waals surface area (Å²) in [6, 6.07) is 14.4. The number of halogens is 6. The van der Waals surface area contributed by atoms with Crippen molar-refractivity contribution in [3.63, 3.8) is 0 Å². The molecule has 0 fully saturated rings. The molecule has 4 rings (SSSR count). The van der Waals surface area contributed by atoms with E-state index in [2.05, 4.69) is 10.6 Å². The lowest BCUT2D eigenvalue weighted by atomic mass is 9.66. The molecule has 40 heavy (non-hydrogen) atoms. The molecule has 0 saturated heterocycles.